The summed E-state index contributed by atoms with van der Waals surface area (Å²) in [5.74, 6) is -2.06. The highest BCUT2D eigenvalue weighted by molar-refractivity contribution is 7.57. The van der Waals surface area contributed by atoms with Crippen molar-refractivity contribution in [2.45, 2.75) is 167 Å². The highest BCUT2D eigenvalue weighted by atomic mass is 31.2. The van der Waals surface area contributed by atoms with Crippen LogP contribution in [0.2, 0.25) is 0 Å². The van der Waals surface area contributed by atoms with Crippen molar-refractivity contribution in [3.63, 3.8) is 0 Å². The second-order valence-corrected chi connectivity index (χ2v) is 18.7. The van der Waals surface area contributed by atoms with Gasteiger partial charge in [-0.2, -0.15) is 8.78 Å². The van der Waals surface area contributed by atoms with Gasteiger partial charge in [0, 0.05) is 12.3 Å². The third kappa shape index (κ3) is 14.2. The maximum atomic E-state index is 15.0. The van der Waals surface area contributed by atoms with E-state index in [0.29, 0.717) is 61.5 Å². The minimum atomic E-state index is -3.30. The lowest BCUT2D eigenvalue weighted by atomic mass is 9.77. The van der Waals surface area contributed by atoms with Crippen molar-refractivity contribution in [2.75, 3.05) is 25.5 Å². The molecular weight excluding hydrogens is 699 g/mol. The molecule has 0 heterocycles. The standard InChI is InChI=1S/C44H67F4O4P/c1-3-5-9-15-33-17-21-35(22-18-33)37-25-27-39(43(47)41(37)45)51-29-11-7-13-31-53(49,50)32-14-8-12-30-52-40-28-26-38(42(46)44(40)48)36-23-19-34(20-24-36)16-10-6-4-2/h25-28,33-36H,3-24,29-32H2,1-2H3,(H,49,50). The Balaban J connectivity index is 1.05. The van der Waals surface area contributed by atoms with Crippen molar-refractivity contribution in [3.8, 4) is 11.5 Å². The van der Waals surface area contributed by atoms with E-state index in [1.54, 1.807) is 24.3 Å². The first-order valence-electron chi connectivity index (χ1n) is 21.2. The Hall–Kier alpha value is -2.05. The molecule has 0 aromatic heterocycles. The molecule has 0 radical (unpaired) electrons. The Morgan fingerprint density at radius 1 is 0.547 bits per heavy atom. The molecule has 0 bridgehead atoms. The normalized spacial score (nSPS) is 21.7. The fourth-order valence-electron chi connectivity index (χ4n) is 8.59. The zero-order valence-electron chi connectivity index (χ0n) is 32.6. The van der Waals surface area contributed by atoms with Gasteiger partial charge in [0.05, 0.1) is 13.2 Å². The summed E-state index contributed by atoms with van der Waals surface area (Å²) in [5, 5.41) is 0. The summed E-state index contributed by atoms with van der Waals surface area (Å²) in [7, 11) is -3.30. The van der Waals surface area contributed by atoms with Gasteiger partial charge in [-0.3, -0.25) is 4.57 Å². The summed E-state index contributed by atoms with van der Waals surface area (Å²) < 4.78 is 83.5. The number of benzene rings is 2. The van der Waals surface area contributed by atoms with Crippen LogP contribution >= 0.6 is 7.37 Å². The van der Waals surface area contributed by atoms with Crippen LogP contribution in [-0.2, 0) is 4.57 Å². The first-order valence-corrected chi connectivity index (χ1v) is 23.2. The van der Waals surface area contributed by atoms with Crippen molar-refractivity contribution < 1.29 is 36.5 Å². The highest BCUT2D eigenvalue weighted by Crippen LogP contribution is 2.43. The van der Waals surface area contributed by atoms with Gasteiger partial charge in [-0.1, -0.05) is 77.3 Å². The number of unbranched alkanes of at least 4 members (excludes halogenated alkanes) is 8. The Bertz CT molecular complexity index is 1300. The monoisotopic (exact) mass is 766 g/mol. The molecule has 2 aromatic rings. The summed E-state index contributed by atoms with van der Waals surface area (Å²) in [4.78, 5) is 10.4. The minimum absolute atomic E-state index is 0.0567. The second-order valence-electron chi connectivity index (χ2n) is 16.1. The van der Waals surface area contributed by atoms with Crippen LogP contribution in [0.4, 0.5) is 17.6 Å². The molecule has 0 aliphatic heterocycles. The molecule has 2 saturated carbocycles. The lowest BCUT2D eigenvalue weighted by Crippen LogP contribution is -2.15. The van der Waals surface area contributed by atoms with Crippen molar-refractivity contribution in [1.82, 2.24) is 0 Å². The van der Waals surface area contributed by atoms with Gasteiger partial charge in [0.15, 0.2) is 23.1 Å². The van der Waals surface area contributed by atoms with E-state index in [1.807, 2.05) is 0 Å². The van der Waals surface area contributed by atoms with Crippen LogP contribution in [-0.4, -0.2) is 30.4 Å². The molecule has 2 fully saturated rings. The van der Waals surface area contributed by atoms with Gasteiger partial charge in [0.25, 0.3) is 0 Å². The van der Waals surface area contributed by atoms with Crippen LogP contribution in [0.5, 0.6) is 11.5 Å². The number of rotatable bonds is 24. The number of hydrogen-bond donors (Lipinski definition) is 1. The summed E-state index contributed by atoms with van der Waals surface area (Å²) >= 11 is 0. The highest BCUT2D eigenvalue weighted by Gasteiger charge is 2.28. The minimum Gasteiger partial charge on any atom is -0.490 e. The van der Waals surface area contributed by atoms with Crippen LogP contribution < -0.4 is 9.47 Å². The molecule has 2 aliphatic rings. The third-order valence-corrected chi connectivity index (χ3v) is 14.0. The molecule has 1 N–H and O–H groups in total. The van der Waals surface area contributed by atoms with Gasteiger partial charge in [0.2, 0.25) is 19.0 Å². The van der Waals surface area contributed by atoms with E-state index in [4.69, 9.17) is 9.47 Å². The molecule has 0 atom stereocenters. The molecule has 0 spiro atoms. The summed E-state index contributed by atoms with van der Waals surface area (Å²) in [6.07, 6.45) is 21.7. The predicted octanol–water partition coefficient (Wildman–Crippen LogP) is 14.0. The SMILES string of the molecule is CCCCCC1CCC(c2ccc(OCCCCCP(=O)(O)CCCCCOc3ccc(C4CCC(CCCCC)CC4)c(F)c3F)c(F)c2F)CC1. The van der Waals surface area contributed by atoms with E-state index in [2.05, 4.69) is 13.8 Å². The fourth-order valence-corrected chi connectivity index (χ4v) is 10.2. The van der Waals surface area contributed by atoms with Crippen LogP contribution in [0, 0.1) is 35.1 Å². The van der Waals surface area contributed by atoms with E-state index >= 15 is 0 Å². The van der Waals surface area contributed by atoms with E-state index in [0.717, 1.165) is 51.4 Å². The Labute approximate surface area is 317 Å². The first kappa shape index (κ1) is 43.7. The maximum absolute atomic E-state index is 15.0. The molecule has 2 aliphatic carbocycles. The van der Waals surface area contributed by atoms with Crippen LogP contribution in [0.15, 0.2) is 24.3 Å². The van der Waals surface area contributed by atoms with Crippen molar-refractivity contribution in [2.24, 2.45) is 11.8 Å². The quantitative estimate of drug-likeness (QED) is 0.0657. The van der Waals surface area contributed by atoms with Crippen LogP contribution in [0.1, 0.15) is 178 Å². The number of hydrogen-bond acceptors (Lipinski definition) is 3. The molecule has 53 heavy (non-hydrogen) atoms. The third-order valence-electron chi connectivity index (χ3n) is 12.0. The van der Waals surface area contributed by atoms with Gasteiger partial charge in [-0.25, -0.2) is 8.78 Å². The van der Waals surface area contributed by atoms with Gasteiger partial charge in [-0.05, 0) is 137 Å². The van der Waals surface area contributed by atoms with Crippen LogP contribution in [0.3, 0.4) is 0 Å². The number of halogens is 4. The van der Waals surface area contributed by atoms with Gasteiger partial charge >= 0.3 is 0 Å². The van der Waals surface area contributed by atoms with E-state index in [9.17, 15) is 27.0 Å². The predicted molar refractivity (Wildman–Crippen MR) is 209 cm³/mol. The fraction of sp³-hybridized carbons (Fsp3) is 0.727. The molecule has 0 amide bonds. The average molecular weight is 767 g/mol. The Kier molecular flexibility index (Phi) is 19.1. The molecule has 4 nitrogen and oxygen atoms in total. The molecule has 9 heteroatoms. The lowest BCUT2D eigenvalue weighted by Gasteiger charge is -2.29. The maximum Gasteiger partial charge on any atom is 0.200 e. The lowest BCUT2D eigenvalue weighted by molar-refractivity contribution is 0.280. The summed E-state index contributed by atoms with van der Waals surface area (Å²) in [6.45, 7) is 4.83. The molecule has 300 valence electrons. The Morgan fingerprint density at radius 3 is 1.32 bits per heavy atom. The van der Waals surface area contributed by atoms with E-state index in [1.165, 1.54) is 51.4 Å². The molecular formula is C44H67F4O4P. The molecule has 4 rings (SSSR count). The molecule has 0 unspecified atom stereocenters. The molecule has 0 saturated heterocycles. The smallest absolute Gasteiger partial charge is 0.200 e. The zero-order valence-corrected chi connectivity index (χ0v) is 33.5. The van der Waals surface area contributed by atoms with Crippen LogP contribution in [0.25, 0.3) is 0 Å². The van der Waals surface area contributed by atoms with Gasteiger partial charge < -0.3 is 14.4 Å². The zero-order chi connectivity index (χ0) is 38.1. The largest absolute Gasteiger partial charge is 0.490 e. The Morgan fingerprint density at radius 2 is 0.943 bits per heavy atom. The van der Waals surface area contributed by atoms with Crippen molar-refractivity contribution in [1.29, 1.82) is 0 Å². The van der Waals surface area contributed by atoms with E-state index < -0.39 is 30.6 Å². The van der Waals surface area contributed by atoms with Crippen molar-refractivity contribution >= 4 is 7.37 Å². The first-order chi connectivity index (χ1) is 25.6. The second kappa shape index (κ2) is 23.1. The number of ether oxygens (including phenoxy) is 2. The van der Waals surface area contributed by atoms with Gasteiger partial charge in [-0.15, -0.1) is 0 Å². The summed E-state index contributed by atoms with van der Waals surface area (Å²) in [6, 6.07) is 6.44. The van der Waals surface area contributed by atoms with E-state index in [-0.39, 0.29) is 48.9 Å². The molecule has 2 aromatic carbocycles. The average Bonchev–Trinajstić information content (AvgIpc) is 3.15. The van der Waals surface area contributed by atoms with Crippen molar-refractivity contribution in [3.05, 3.63) is 58.7 Å². The summed E-state index contributed by atoms with van der Waals surface area (Å²) in [5.41, 5.74) is 0.921. The van der Waals surface area contributed by atoms with Gasteiger partial charge in [0.1, 0.15) is 0 Å². The topological polar surface area (TPSA) is 55.8 Å².